The van der Waals surface area contributed by atoms with Crippen molar-refractivity contribution in [3.05, 3.63) is 41.9 Å². The standard InChI is InChI=1S/C18H23BO6/c1-12(2)22-17(20)15-16(18(21)23-13(3)4)25-19(24-15)11-10-14-8-6-5-7-9-14/h5-13,15-16H,1-4H3/b11-10+/t15-,16-/m1/s1. The maximum atomic E-state index is 12.2. The second kappa shape index (κ2) is 8.83. The molecule has 0 N–H and O–H groups in total. The van der Waals surface area contributed by atoms with Gasteiger partial charge in [-0.05, 0) is 33.3 Å². The summed E-state index contributed by atoms with van der Waals surface area (Å²) in [4.78, 5) is 24.4. The van der Waals surface area contributed by atoms with E-state index in [1.165, 1.54) is 0 Å². The molecular formula is C18H23BO6. The average molecular weight is 346 g/mol. The monoisotopic (exact) mass is 346 g/mol. The Morgan fingerprint density at radius 1 is 0.960 bits per heavy atom. The quantitative estimate of drug-likeness (QED) is 0.582. The molecule has 0 amide bonds. The van der Waals surface area contributed by atoms with Gasteiger partial charge >= 0.3 is 19.1 Å². The van der Waals surface area contributed by atoms with Crippen molar-refractivity contribution < 1.29 is 28.4 Å². The molecule has 2 atom stereocenters. The van der Waals surface area contributed by atoms with Crippen molar-refractivity contribution in [2.24, 2.45) is 0 Å². The first-order chi connectivity index (χ1) is 11.9. The smallest absolute Gasteiger partial charge is 0.461 e. The molecule has 0 unspecified atom stereocenters. The lowest BCUT2D eigenvalue weighted by atomic mass is 9.89. The van der Waals surface area contributed by atoms with Crippen LogP contribution in [0, 0.1) is 0 Å². The number of carbonyl (C=O) groups is 2. The van der Waals surface area contributed by atoms with E-state index in [2.05, 4.69) is 0 Å². The minimum Gasteiger partial charge on any atom is -0.461 e. The van der Waals surface area contributed by atoms with Gasteiger partial charge in [0.15, 0.2) is 12.2 Å². The van der Waals surface area contributed by atoms with E-state index in [4.69, 9.17) is 18.8 Å². The van der Waals surface area contributed by atoms with Crippen molar-refractivity contribution in [1.29, 1.82) is 0 Å². The van der Waals surface area contributed by atoms with Gasteiger partial charge in [0.25, 0.3) is 0 Å². The Balaban J connectivity index is 2.10. The number of hydrogen-bond acceptors (Lipinski definition) is 6. The van der Waals surface area contributed by atoms with Crippen molar-refractivity contribution >= 4 is 25.1 Å². The first kappa shape index (κ1) is 19.2. The molecule has 1 fully saturated rings. The third-order valence-electron chi connectivity index (χ3n) is 3.25. The molecule has 1 aromatic rings. The third-order valence-corrected chi connectivity index (χ3v) is 3.25. The normalized spacial score (nSPS) is 20.5. The first-order valence-electron chi connectivity index (χ1n) is 8.32. The fraction of sp³-hybridized carbons (Fsp3) is 0.444. The lowest BCUT2D eigenvalue weighted by molar-refractivity contribution is -0.167. The van der Waals surface area contributed by atoms with Crippen LogP contribution in [0.1, 0.15) is 33.3 Å². The van der Waals surface area contributed by atoms with Crippen LogP contribution in [-0.2, 0) is 28.4 Å². The minimum absolute atomic E-state index is 0.322. The Bertz CT molecular complexity index is 583. The summed E-state index contributed by atoms with van der Waals surface area (Å²) in [6.45, 7) is 6.90. The molecule has 0 aliphatic carbocycles. The van der Waals surface area contributed by atoms with Crippen LogP contribution >= 0.6 is 0 Å². The molecule has 25 heavy (non-hydrogen) atoms. The highest BCUT2D eigenvalue weighted by Crippen LogP contribution is 2.22. The molecule has 7 heteroatoms. The highest BCUT2D eigenvalue weighted by atomic mass is 16.7. The Labute approximate surface area is 148 Å². The summed E-state index contributed by atoms with van der Waals surface area (Å²) < 4.78 is 21.5. The average Bonchev–Trinajstić information content (AvgIpc) is 2.97. The van der Waals surface area contributed by atoms with E-state index in [1.807, 2.05) is 30.3 Å². The van der Waals surface area contributed by atoms with Crippen LogP contribution in [0.25, 0.3) is 6.08 Å². The Hall–Kier alpha value is -2.12. The lowest BCUT2D eigenvalue weighted by Gasteiger charge is -2.18. The van der Waals surface area contributed by atoms with Crippen molar-refractivity contribution in [3.8, 4) is 0 Å². The number of ether oxygens (including phenoxy) is 2. The molecule has 1 aliphatic rings. The van der Waals surface area contributed by atoms with Crippen molar-refractivity contribution in [2.45, 2.75) is 52.1 Å². The summed E-state index contributed by atoms with van der Waals surface area (Å²) in [6.07, 6.45) is -1.15. The minimum atomic E-state index is -1.15. The third kappa shape index (κ3) is 5.72. The van der Waals surface area contributed by atoms with Gasteiger partial charge in [0.05, 0.1) is 12.2 Å². The van der Waals surface area contributed by atoms with Gasteiger partial charge in [0.2, 0.25) is 0 Å². The SMILES string of the molecule is CC(C)OC(=O)[C@@H]1OB(/C=C/c2ccccc2)O[C@H]1C(=O)OC(C)C. The molecule has 6 nitrogen and oxygen atoms in total. The van der Waals surface area contributed by atoms with E-state index < -0.39 is 31.3 Å². The summed E-state index contributed by atoms with van der Waals surface area (Å²) in [5, 5.41) is 0. The van der Waals surface area contributed by atoms with Gasteiger partial charge in [-0.25, -0.2) is 9.59 Å². The molecule has 0 aromatic heterocycles. The maximum absolute atomic E-state index is 12.2. The summed E-state index contributed by atoms with van der Waals surface area (Å²) in [6, 6.07) is 9.56. The highest BCUT2D eigenvalue weighted by molar-refractivity contribution is 6.53. The van der Waals surface area contributed by atoms with Crippen LogP contribution in [0.3, 0.4) is 0 Å². The predicted octanol–water partition coefficient (Wildman–Crippen LogP) is 2.41. The first-order valence-corrected chi connectivity index (χ1v) is 8.32. The Morgan fingerprint density at radius 2 is 1.44 bits per heavy atom. The summed E-state index contributed by atoms with van der Waals surface area (Å²) in [7, 11) is -0.838. The molecule has 1 aromatic carbocycles. The summed E-state index contributed by atoms with van der Waals surface area (Å²) in [5.41, 5.74) is 0.948. The van der Waals surface area contributed by atoms with E-state index >= 15 is 0 Å². The molecule has 0 radical (unpaired) electrons. The van der Waals surface area contributed by atoms with Crippen molar-refractivity contribution in [2.75, 3.05) is 0 Å². The molecule has 1 heterocycles. The fourth-order valence-corrected chi connectivity index (χ4v) is 2.27. The van der Waals surface area contributed by atoms with Gasteiger partial charge in [-0.3, -0.25) is 0 Å². The molecule has 134 valence electrons. The topological polar surface area (TPSA) is 71.1 Å². The van der Waals surface area contributed by atoms with E-state index in [1.54, 1.807) is 39.7 Å². The van der Waals surface area contributed by atoms with Crippen LogP contribution in [0.2, 0.25) is 0 Å². The van der Waals surface area contributed by atoms with Gasteiger partial charge in [-0.15, -0.1) is 0 Å². The number of esters is 2. The Kier molecular flexibility index (Phi) is 6.78. The highest BCUT2D eigenvalue weighted by Gasteiger charge is 2.48. The maximum Gasteiger partial charge on any atom is 0.487 e. The molecule has 2 rings (SSSR count). The largest absolute Gasteiger partial charge is 0.487 e. The van der Waals surface area contributed by atoms with Crippen LogP contribution in [0.4, 0.5) is 0 Å². The van der Waals surface area contributed by atoms with Crippen molar-refractivity contribution in [1.82, 2.24) is 0 Å². The fourth-order valence-electron chi connectivity index (χ4n) is 2.27. The molecule has 1 aliphatic heterocycles. The summed E-state index contributed by atoms with van der Waals surface area (Å²) in [5.74, 6) is 0.362. The molecule has 0 saturated carbocycles. The van der Waals surface area contributed by atoms with Crippen LogP contribution in [0.15, 0.2) is 36.3 Å². The number of benzene rings is 1. The Morgan fingerprint density at radius 3 is 1.88 bits per heavy atom. The van der Waals surface area contributed by atoms with E-state index in [9.17, 15) is 9.59 Å². The predicted molar refractivity (Wildman–Crippen MR) is 93.4 cm³/mol. The zero-order valence-electron chi connectivity index (χ0n) is 14.9. The van der Waals surface area contributed by atoms with Crippen molar-refractivity contribution in [3.63, 3.8) is 0 Å². The molecule has 1 saturated heterocycles. The van der Waals surface area contributed by atoms with Crippen LogP contribution in [0.5, 0.6) is 0 Å². The van der Waals surface area contributed by atoms with E-state index in [0.29, 0.717) is 0 Å². The lowest BCUT2D eigenvalue weighted by Crippen LogP contribution is -2.40. The second-order valence-corrected chi connectivity index (χ2v) is 6.22. The van der Waals surface area contributed by atoms with Crippen LogP contribution < -0.4 is 0 Å². The van der Waals surface area contributed by atoms with E-state index in [-0.39, 0.29) is 12.2 Å². The zero-order valence-corrected chi connectivity index (χ0v) is 14.9. The summed E-state index contributed by atoms with van der Waals surface area (Å²) >= 11 is 0. The van der Waals surface area contributed by atoms with Gasteiger partial charge in [0, 0.05) is 0 Å². The number of carbonyl (C=O) groups excluding carboxylic acids is 2. The number of hydrogen-bond donors (Lipinski definition) is 0. The molecule has 0 spiro atoms. The van der Waals surface area contributed by atoms with Gasteiger partial charge < -0.3 is 18.8 Å². The van der Waals surface area contributed by atoms with Gasteiger partial charge in [0.1, 0.15) is 0 Å². The zero-order chi connectivity index (χ0) is 18.4. The van der Waals surface area contributed by atoms with Crippen LogP contribution in [-0.4, -0.2) is 43.5 Å². The molecule has 0 bridgehead atoms. The number of rotatable bonds is 6. The van der Waals surface area contributed by atoms with Gasteiger partial charge in [-0.2, -0.15) is 0 Å². The van der Waals surface area contributed by atoms with E-state index in [0.717, 1.165) is 5.56 Å². The second-order valence-electron chi connectivity index (χ2n) is 6.22. The van der Waals surface area contributed by atoms with Gasteiger partial charge in [-0.1, -0.05) is 42.4 Å². The molecular weight excluding hydrogens is 323 g/mol.